The molecule has 0 unspecified atom stereocenters. The molecule has 0 N–H and O–H groups in total. The minimum absolute atomic E-state index is 0.146. The first kappa shape index (κ1) is 31.5. The van der Waals surface area contributed by atoms with Crippen LogP contribution in [0, 0.1) is 0 Å². The van der Waals surface area contributed by atoms with Crippen molar-refractivity contribution in [3.05, 3.63) is 220 Å². The van der Waals surface area contributed by atoms with E-state index < -0.39 is 5.41 Å². The van der Waals surface area contributed by atoms with Crippen LogP contribution in [0.3, 0.4) is 0 Å². The molecule has 1 aromatic heterocycles. The van der Waals surface area contributed by atoms with Crippen molar-refractivity contribution in [2.24, 2.45) is 0 Å². The van der Waals surface area contributed by atoms with Gasteiger partial charge in [-0.3, -0.25) is 0 Å². The molecule has 1 spiro atoms. The lowest BCUT2D eigenvalue weighted by molar-refractivity contribution is 0.660. The van der Waals surface area contributed by atoms with Crippen LogP contribution in [0.5, 0.6) is 0 Å². The highest BCUT2D eigenvalue weighted by Crippen LogP contribution is 2.60. The van der Waals surface area contributed by atoms with Crippen LogP contribution in [0.25, 0.3) is 56.3 Å². The summed E-state index contributed by atoms with van der Waals surface area (Å²) in [6, 6.07) is 65.1. The summed E-state index contributed by atoms with van der Waals surface area (Å²) in [5.41, 5.74) is 20.0. The number of para-hydroxylation sites is 1. The normalized spacial score (nSPS) is 14.8. The molecule has 0 saturated heterocycles. The van der Waals surface area contributed by atoms with Crippen molar-refractivity contribution in [3.63, 3.8) is 0 Å². The van der Waals surface area contributed by atoms with Crippen LogP contribution >= 0.6 is 0 Å². The maximum absolute atomic E-state index is 6.53. The number of rotatable bonds is 3. The molecule has 264 valence electrons. The molecule has 0 atom stereocenters. The molecule has 8 aromatic carbocycles. The predicted octanol–water partition coefficient (Wildman–Crippen LogP) is 14.2. The van der Waals surface area contributed by atoms with Gasteiger partial charge in [-0.05, 0) is 109 Å². The number of hydrogen-bond donors (Lipinski definition) is 0. The molecule has 0 aliphatic heterocycles. The topological polar surface area (TPSA) is 16.4 Å². The van der Waals surface area contributed by atoms with Gasteiger partial charge in [0, 0.05) is 22.2 Å². The Labute approximate surface area is 326 Å². The van der Waals surface area contributed by atoms with E-state index in [-0.39, 0.29) is 5.41 Å². The molecular weight excluding hydrogens is 679 g/mol. The van der Waals surface area contributed by atoms with Gasteiger partial charge in [0.2, 0.25) is 0 Å². The summed E-state index contributed by atoms with van der Waals surface area (Å²) in [6.45, 7) is 4.73. The van der Waals surface area contributed by atoms with E-state index in [9.17, 15) is 0 Å². The minimum Gasteiger partial charge on any atom is -0.456 e. The standard InChI is InChI=1S/C54H37NO/c1-53(2)45-21-10-5-16-38(45)40-30-28-36(32-47(40)53)55(49-23-13-25-51-52(49)42-18-7-12-24-50(42)56-51)37-29-31-41-39-17-6-11-22-46(39)54(48(41)33-37)43-19-8-3-14-34(43)26-27-35-15-4-9-20-44(35)54/h3-33H,1-2H3. The lowest BCUT2D eigenvalue weighted by Gasteiger charge is -2.36. The minimum atomic E-state index is -0.528. The second-order valence-corrected chi connectivity index (χ2v) is 16.0. The van der Waals surface area contributed by atoms with Crippen LogP contribution < -0.4 is 4.90 Å². The van der Waals surface area contributed by atoms with Gasteiger partial charge in [-0.2, -0.15) is 0 Å². The first-order valence-electron chi connectivity index (χ1n) is 19.6. The first-order valence-corrected chi connectivity index (χ1v) is 19.6. The highest BCUT2D eigenvalue weighted by atomic mass is 16.3. The quantitative estimate of drug-likeness (QED) is 0.181. The summed E-state index contributed by atoms with van der Waals surface area (Å²) < 4.78 is 6.53. The van der Waals surface area contributed by atoms with Crippen molar-refractivity contribution < 1.29 is 4.42 Å². The second-order valence-electron chi connectivity index (χ2n) is 16.0. The molecule has 0 saturated carbocycles. The van der Waals surface area contributed by atoms with E-state index in [1.54, 1.807) is 0 Å². The Kier molecular flexibility index (Phi) is 6.36. The van der Waals surface area contributed by atoms with Crippen molar-refractivity contribution in [1.82, 2.24) is 0 Å². The van der Waals surface area contributed by atoms with Crippen molar-refractivity contribution in [1.29, 1.82) is 0 Å². The van der Waals surface area contributed by atoms with E-state index in [4.69, 9.17) is 4.42 Å². The summed E-state index contributed by atoms with van der Waals surface area (Å²) in [6.07, 6.45) is 4.60. The Balaban J connectivity index is 1.18. The zero-order valence-electron chi connectivity index (χ0n) is 31.3. The van der Waals surface area contributed by atoms with Gasteiger partial charge in [-0.25, -0.2) is 0 Å². The SMILES string of the molecule is CC1(C)c2ccccc2-c2ccc(N(c3ccc4c(c3)C3(c5ccccc5C=Cc5ccccc53)c3ccccc3-4)c3cccc4oc5ccccc5c34)cc21. The van der Waals surface area contributed by atoms with Crippen molar-refractivity contribution >= 4 is 51.2 Å². The van der Waals surface area contributed by atoms with E-state index in [0.717, 1.165) is 39.0 Å². The van der Waals surface area contributed by atoms with Crippen molar-refractivity contribution in [2.45, 2.75) is 24.7 Å². The van der Waals surface area contributed by atoms with Crippen molar-refractivity contribution in [2.75, 3.05) is 4.90 Å². The third kappa shape index (κ3) is 4.06. The van der Waals surface area contributed by atoms with E-state index in [1.807, 2.05) is 0 Å². The van der Waals surface area contributed by atoms with E-state index >= 15 is 0 Å². The fraction of sp³-hybridized carbons (Fsp3) is 0.0741. The molecule has 12 rings (SSSR count). The summed E-state index contributed by atoms with van der Waals surface area (Å²) in [5, 5.41) is 2.22. The monoisotopic (exact) mass is 715 g/mol. The molecule has 3 aliphatic rings. The highest BCUT2D eigenvalue weighted by molar-refractivity contribution is 6.13. The number of benzene rings is 8. The van der Waals surface area contributed by atoms with Gasteiger partial charge in [0.1, 0.15) is 11.2 Å². The fourth-order valence-electron chi connectivity index (χ4n) is 10.5. The lowest BCUT2D eigenvalue weighted by atomic mass is 9.66. The van der Waals surface area contributed by atoms with E-state index in [0.29, 0.717) is 0 Å². The van der Waals surface area contributed by atoms with Gasteiger partial charge in [0.15, 0.2) is 0 Å². The number of nitrogens with zero attached hydrogens (tertiary/aromatic N) is 1. The number of anilines is 3. The molecule has 3 aliphatic carbocycles. The molecule has 56 heavy (non-hydrogen) atoms. The Morgan fingerprint density at radius 2 is 0.929 bits per heavy atom. The van der Waals surface area contributed by atoms with Gasteiger partial charge >= 0.3 is 0 Å². The van der Waals surface area contributed by atoms with Crippen LogP contribution in [0.15, 0.2) is 180 Å². The van der Waals surface area contributed by atoms with Crippen LogP contribution in [0.4, 0.5) is 17.1 Å². The third-order valence-corrected chi connectivity index (χ3v) is 12.9. The van der Waals surface area contributed by atoms with Crippen LogP contribution in [0.1, 0.15) is 58.4 Å². The molecule has 0 amide bonds. The van der Waals surface area contributed by atoms with E-state index in [2.05, 4.69) is 207 Å². The predicted molar refractivity (Wildman–Crippen MR) is 232 cm³/mol. The molecule has 0 fully saturated rings. The van der Waals surface area contributed by atoms with Gasteiger partial charge in [-0.1, -0.05) is 159 Å². The Bertz CT molecular complexity index is 3090. The fourth-order valence-corrected chi connectivity index (χ4v) is 10.5. The van der Waals surface area contributed by atoms with Crippen molar-refractivity contribution in [3.8, 4) is 22.3 Å². The molecule has 9 aromatic rings. The Morgan fingerprint density at radius 3 is 1.64 bits per heavy atom. The average molecular weight is 716 g/mol. The summed E-state index contributed by atoms with van der Waals surface area (Å²) in [5.74, 6) is 0. The highest BCUT2D eigenvalue weighted by Gasteiger charge is 2.48. The zero-order chi connectivity index (χ0) is 37.2. The number of fused-ring (bicyclic) bond motifs is 15. The smallest absolute Gasteiger partial charge is 0.137 e. The summed E-state index contributed by atoms with van der Waals surface area (Å²) >= 11 is 0. The van der Waals surface area contributed by atoms with Gasteiger partial charge in [-0.15, -0.1) is 0 Å². The second kappa shape index (κ2) is 11.3. The molecule has 2 nitrogen and oxygen atoms in total. The Hall–Kier alpha value is -6.90. The molecule has 0 radical (unpaired) electrons. The van der Waals surface area contributed by atoms with Crippen LogP contribution in [-0.4, -0.2) is 0 Å². The van der Waals surface area contributed by atoms with Gasteiger partial charge in [0.25, 0.3) is 0 Å². The number of furan rings is 1. The number of hydrogen-bond acceptors (Lipinski definition) is 2. The van der Waals surface area contributed by atoms with Crippen LogP contribution in [0.2, 0.25) is 0 Å². The third-order valence-electron chi connectivity index (χ3n) is 12.9. The summed E-state index contributed by atoms with van der Waals surface area (Å²) in [4.78, 5) is 2.48. The van der Waals surface area contributed by atoms with Crippen LogP contribution in [-0.2, 0) is 10.8 Å². The first-order chi connectivity index (χ1) is 27.5. The maximum Gasteiger partial charge on any atom is 0.137 e. The Morgan fingerprint density at radius 1 is 0.411 bits per heavy atom. The molecule has 2 heteroatoms. The lowest BCUT2D eigenvalue weighted by Crippen LogP contribution is -2.30. The zero-order valence-corrected chi connectivity index (χ0v) is 31.3. The average Bonchev–Trinajstić information content (AvgIpc) is 3.80. The molecule has 1 heterocycles. The van der Waals surface area contributed by atoms with E-state index in [1.165, 1.54) is 66.8 Å². The molecular formula is C54H37NO. The van der Waals surface area contributed by atoms with Gasteiger partial charge in [0.05, 0.1) is 16.5 Å². The van der Waals surface area contributed by atoms with Gasteiger partial charge < -0.3 is 9.32 Å². The maximum atomic E-state index is 6.53. The molecule has 0 bridgehead atoms. The largest absolute Gasteiger partial charge is 0.456 e. The summed E-state index contributed by atoms with van der Waals surface area (Å²) in [7, 11) is 0.